The standard InChI is InChI=1S/C12H10.C4H9NO/c1-10-6-5-9-12(10)11-7-3-2-4-8-11;1-3-6-4-2-5-1/h2-9H,1H2;5H,1-4H2. The highest BCUT2D eigenvalue weighted by atomic mass is 16.5. The highest BCUT2D eigenvalue weighted by molar-refractivity contribution is 5.85. The third kappa shape index (κ3) is 3.69. The van der Waals surface area contributed by atoms with E-state index >= 15 is 0 Å². The Bertz CT molecular complexity index is 430. The Labute approximate surface area is 109 Å². The number of nitrogens with one attached hydrogen (secondary N) is 1. The smallest absolute Gasteiger partial charge is 0.0591 e. The predicted molar refractivity (Wildman–Crippen MR) is 76.4 cm³/mol. The molecule has 0 saturated carbocycles. The molecule has 2 nitrogen and oxygen atoms in total. The van der Waals surface area contributed by atoms with Crippen LogP contribution in [0.5, 0.6) is 0 Å². The molecule has 0 spiro atoms. The highest BCUT2D eigenvalue weighted by Crippen LogP contribution is 2.26. The molecular formula is C16H19NO. The summed E-state index contributed by atoms with van der Waals surface area (Å²) >= 11 is 0. The van der Waals surface area contributed by atoms with Crippen LogP contribution in [0.3, 0.4) is 0 Å². The Morgan fingerprint density at radius 3 is 2.22 bits per heavy atom. The van der Waals surface area contributed by atoms with Crippen LogP contribution in [0.4, 0.5) is 0 Å². The van der Waals surface area contributed by atoms with E-state index in [4.69, 9.17) is 4.74 Å². The SMILES string of the molecule is C1COCCN1.C=C1C=CC=C1c1ccccc1. The summed E-state index contributed by atoms with van der Waals surface area (Å²) in [7, 11) is 0. The quantitative estimate of drug-likeness (QED) is 0.816. The van der Waals surface area contributed by atoms with Crippen LogP contribution in [0.1, 0.15) is 5.56 Å². The molecule has 1 heterocycles. The lowest BCUT2D eigenvalue weighted by molar-refractivity contribution is 0.109. The van der Waals surface area contributed by atoms with Crippen molar-refractivity contribution in [1.29, 1.82) is 0 Å². The third-order valence-electron chi connectivity index (χ3n) is 2.84. The monoisotopic (exact) mass is 241 g/mol. The number of allylic oxidation sites excluding steroid dienone is 5. The van der Waals surface area contributed by atoms with Crippen LogP contribution in [-0.4, -0.2) is 26.3 Å². The van der Waals surface area contributed by atoms with E-state index in [-0.39, 0.29) is 0 Å². The van der Waals surface area contributed by atoms with Crippen molar-refractivity contribution >= 4 is 5.57 Å². The minimum absolute atomic E-state index is 0.889. The number of morpholine rings is 1. The van der Waals surface area contributed by atoms with Gasteiger partial charge >= 0.3 is 0 Å². The summed E-state index contributed by atoms with van der Waals surface area (Å²) in [6.45, 7) is 7.79. The van der Waals surface area contributed by atoms with Crippen LogP contribution in [0.15, 0.2) is 60.7 Å². The average molecular weight is 241 g/mol. The molecule has 1 saturated heterocycles. The zero-order chi connectivity index (χ0) is 12.6. The molecule has 0 aromatic heterocycles. The number of hydrogen-bond acceptors (Lipinski definition) is 2. The number of benzene rings is 1. The van der Waals surface area contributed by atoms with Gasteiger partial charge in [-0.15, -0.1) is 0 Å². The van der Waals surface area contributed by atoms with Gasteiger partial charge in [-0.1, -0.05) is 55.1 Å². The molecule has 2 aliphatic rings. The van der Waals surface area contributed by atoms with Gasteiger partial charge in [0.25, 0.3) is 0 Å². The van der Waals surface area contributed by atoms with Gasteiger partial charge in [0, 0.05) is 13.1 Å². The summed E-state index contributed by atoms with van der Waals surface area (Å²) in [5.41, 5.74) is 3.57. The summed E-state index contributed by atoms with van der Waals surface area (Å²) in [4.78, 5) is 0. The van der Waals surface area contributed by atoms with Crippen molar-refractivity contribution in [2.45, 2.75) is 0 Å². The minimum Gasteiger partial charge on any atom is -0.379 e. The van der Waals surface area contributed by atoms with E-state index in [0.717, 1.165) is 31.9 Å². The summed E-state index contributed by atoms with van der Waals surface area (Å²) in [5, 5.41) is 3.16. The molecule has 0 radical (unpaired) electrons. The molecule has 1 aromatic carbocycles. The van der Waals surface area contributed by atoms with E-state index in [0.29, 0.717) is 0 Å². The molecule has 1 fully saturated rings. The van der Waals surface area contributed by atoms with Crippen LogP contribution >= 0.6 is 0 Å². The van der Waals surface area contributed by atoms with Gasteiger partial charge in [-0.3, -0.25) is 0 Å². The van der Waals surface area contributed by atoms with Crippen LogP contribution < -0.4 is 5.32 Å². The molecule has 0 unspecified atom stereocenters. The molecule has 94 valence electrons. The maximum absolute atomic E-state index is 5.01. The lowest BCUT2D eigenvalue weighted by Gasteiger charge is -2.10. The van der Waals surface area contributed by atoms with Gasteiger partial charge < -0.3 is 10.1 Å². The fourth-order valence-electron chi connectivity index (χ4n) is 1.87. The number of rotatable bonds is 1. The molecule has 0 amide bonds. The van der Waals surface area contributed by atoms with Crippen molar-refractivity contribution in [3.8, 4) is 0 Å². The van der Waals surface area contributed by atoms with E-state index in [1.54, 1.807) is 0 Å². The first kappa shape index (κ1) is 12.8. The largest absolute Gasteiger partial charge is 0.379 e. The molecular weight excluding hydrogens is 222 g/mol. The molecule has 0 atom stereocenters. The second-order valence-electron chi connectivity index (χ2n) is 4.19. The fraction of sp³-hybridized carbons (Fsp3) is 0.250. The van der Waals surface area contributed by atoms with E-state index in [2.05, 4.69) is 30.1 Å². The molecule has 1 aliphatic heterocycles. The normalized spacial score (nSPS) is 18.0. The Balaban J connectivity index is 0.000000169. The molecule has 0 bridgehead atoms. The van der Waals surface area contributed by atoms with Gasteiger partial charge in [0.2, 0.25) is 0 Å². The topological polar surface area (TPSA) is 21.3 Å². The first-order valence-corrected chi connectivity index (χ1v) is 6.29. The van der Waals surface area contributed by atoms with Crippen molar-refractivity contribution in [1.82, 2.24) is 5.32 Å². The molecule has 2 heteroatoms. The van der Waals surface area contributed by atoms with Crippen LogP contribution in [0, 0.1) is 0 Å². The summed E-state index contributed by atoms with van der Waals surface area (Å²) in [5.74, 6) is 0. The van der Waals surface area contributed by atoms with Crippen molar-refractivity contribution in [3.05, 3.63) is 66.3 Å². The van der Waals surface area contributed by atoms with Crippen molar-refractivity contribution in [3.63, 3.8) is 0 Å². The number of hydrogen-bond donors (Lipinski definition) is 1. The van der Waals surface area contributed by atoms with Gasteiger partial charge in [-0.05, 0) is 16.7 Å². The Hall–Kier alpha value is -1.64. The average Bonchev–Trinajstić information content (AvgIpc) is 2.89. The maximum atomic E-state index is 5.01. The van der Waals surface area contributed by atoms with Gasteiger partial charge in [0.1, 0.15) is 0 Å². The summed E-state index contributed by atoms with van der Waals surface area (Å²) in [6, 6.07) is 10.3. The molecule has 1 aromatic rings. The zero-order valence-corrected chi connectivity index (χ0v) is 10.6. The van der Waals surface area contributed by atoms with Gasteiger partial charge in [-0.2, -0.15) is 0 Å². The fourth-order valence-corrected chi connectivity index (χ4v) is 1.87. The zero-order valence-electron chi connectivity index (χ0n) is 10.6. The van der Waals surface area contributed by atoms with Gasteiger partial charge in [0.15, 0.2) is 0 Å². The molecule has 3 rings (SSSR count). The molecule has 1 N–H and O–H groups in total. The summed E-state index contributed by atoms with van der Waals surface area (Å²) in [6.07, 6.45) is 6.16. The van der Waals surface area contributed by atoms with Crippen LogP contribution in [0.25, 0.3) is 5.57 Å². The Kier molecular flexibility index (Phi) is 4.94. The number of ether oxygens (including phenoxy) is 1. The molecule has 18 heavy (non-hydrogen) atoms. The lowest BCUT2D eigenvalue weighted by atomic mass is 10.0. The summed E-state index contributed by atoms with van der Waals surface area (Å²) < 4.78 is 5.01. The van der Waals surface area contributed by atoms with Crippen molar-refractivity contribution in [2.75, 3.05) is 26.3 Å². The Morgan fingerprint density at radius 1 is 1.06 bits per heavy atom. The van der Waals surface area contributed by atoms with E-state index in [1.165, 1.54) is 11.1 Å². The highest BCUT2D eigenvalue weighted by Gasteiger charge is 2.05. The van der Waals surface area contributed by atoms with E-state index in [1.807, 2.05) is 30.4 Å². The van der Waals surface area contributed by atoms with E-state index in [9.17, 15) is 0 Å². The minimum atomic E-state index is 0.889. The van der Waals surface area contributed by atoms with Crippen LogP contribution in [0.2, 0.25) is 0 Å². The van der Waals surface area contributed by atoms with Gasteiger partial charge in [-0.25, -0.2) is 0 Å². The van der Waals surface area contributed by atoms with Crippen molar-refractivity contribution in [2.24, 2.45) is 0 Å². The first-order chi connectivity index (χ1) is 8.88. The predicted octanol–water partition coefficient (Wildman–Crippen LogP) is 2.80. The maximum Gasteiger partial charge on any atom is 0.0591 e. The van der Waals surface area contributed by atoms with Crippen LogP contribution in [-0.2, 0) is 4.74 Å². The second kappa shape index (κ2) is 6.94. The Morgan fingerprint density at radius 2 is 1.78 bits per heavy atom. The third-order valence-corrected chi connectivity index (χ3v) is 2.84. The van der Waals surface area contributed by atoms with Gasteiger partial charge in [0.05, 0.1) is 13.2 Å². The lowest BCUT2D eigenvalue weighted by Crippen LogP contribution is -2.30. The first-order valence-electron chi connectivity index (χ1n) is 6.29. The second-order valence-corrected chi connectivity index (χ2v) is 4.19. The van der Waals surface area contributed by atoms with Crippen molar-refractivity contribution < 1.29 is 4.74 Å². The van der Waals surface area contributed by atoms with E-state index < -0.39 is 0 Å². The molecule has 1 aliphatic carbocycles.